The third-order valence-corrected chi connectivity index (χ3v) is 2.30. The zero-order chi connectivity index (χ0) is 10.7. The normalized spacial score (nSPS) is 20.1. The van der Waals surface area contributed by atoms with Crippen LogP contribution in [0, 0.1) is 0 Å². The van der Waals surface area contributed by atoms with Crippen LogP contribution in [0.25, 0.3) is 0 Å². The lowest BCUT2D eigenvalue weighted by Gasteiger charge is -2.37. The number of aliphatic hydroxyl groups is 1. The topological polar surface area (TPSA) is 104 Å². The molecule has 1 amide bonds. The fourth-order valence-electron chi connectivity index (χ4n) is 1.46. The summed E-state index contributed by atoms with van der Waals surface area (Å²) in [6.45, 7) is 0.602. The number of β-lactam (4-membered cyclic amide) rings is 1. The molecule has 0 aromatic heterocycles. The van der Waals surface area contributed by atoms with Crippen molar-refractivity contribution in [3.05, 3.63) is 0 Å². The molecule has 1 heterocycles. The first-order valence-electron chi connectivity index (χ1n) is 4.48. The molecule has 1 rings (SSSR count). The average molecular weight is 202 g/mol. The molecule has 1 fully saturated rings. The predicted octanol–water partition coefficient (Wildman–Crippen LogP) is -1.62. The Balaban J connectivity index is 2.63. The van der Waals surface area contributed by atoms with Crippen LogP contribution in [0.5, 0.6) is 0 Å². The quantitative estimate of drug-likeness (QED) is 0.465. The van der Waals surface area contributed by atoms with E-state index in [4.69, 9.17) is 10.8 Å². The standard InChI is InChI=1S/C8H14N2O4/c9-3-1-5(11)7(8(13)14)10-4-2-6(10)12/h5,7,11H,1-4,9H2,(H,13,14). The maximum atomic E-state index is 11.0. The molecule has 1 aliphatic rings. The minimum absolute atomic E-state index is 0.181. The largest absolute Gasteiger partial charge is 0.480 e. The molecule has 0 aliphatic carbocycles. The number of amides is 1. The molecule has 1 saturated heterocycles. The highest BCUT2D eigenvalue weighted by Crippen LogP contribution is 2.17. The third-order valence-electron chi connectivity index (χ3n) is 2.30. The molecule has 0 bridgehead atoms. The monoisotopic (exact) mass is 202 g/mol. The summed E-state index contributed by atoms with van der Waals surface area (Å²) in [5.74, 6) is -1.41. The first-order valence-corrected chi connectivity index (χ1v) is 4.48. The number of likely N-dealkylation sites (tertiary alicyclic amines) is 1. The van der Waals surface area contributed by atoms with E-state index in [-0.39, 0.29) is 18.9 Å². The molecule has 0 aromatic carbocycles. The summed E-state index contributed by atoms with van der Waals surface area (Å²) in [7, 11) is 0. The number of hydrogen-bond acceptors (Lipinski definition) is 4. The first kappa shape index (κ1) is 10.9. The Morgan fingerprint density at radius 3 is 2.57 bits per heavy atom. The summed E-state index contributed by atoms with van der Waals surface area (Å²) in [5.41, 5.74) is 5.21. The van der Waals surface area contributed by atoms with E-state index in [2.05, 4.69) is 0 Å². The Morgan fingerprint density at radius 2 is 2.29 bits per heavy atom. The van der Waals surface area contributed by atoms with Crippen LogP contribution < -0.4 is 5.73 Å². The van der Waals surface area contributed by atoms with Crippen molar-refractivity contribution in [2.75, 3.05) is 13.1 Å². The average Bonchev–Trinajstić information content (AvgIpc) is 2.11. The zero-order valence-corrected chi connectivity index (χ0v) is 7.72. The molecular formula is C8H14N2O4. The highest BCUT2D eigenvalue weighted by molar-refractivity contribution is 5.87. The molecule has 80 valence electrons. The van der Waals surface area contributed by atoms with Crippen LogP contribution in [0.4, 0.5) is 0 Å². The van der Waals surface area contributed by atoms with Crippen LogP contribution >= 0.6 is 0 Å². The van der Waals surface area contributed by atoms with Gasteiger partial charge in [-0.15, -0.1) is 0 Å². The van der Waals surface area contributed by atoms with Gasteiger partial charge in [0.05, 0.1) is 6.10 Å². The Bertz CT molecular complexity index is 243. The number of hydrogen-bond donors (Lipinski definition) is 3. The third kappa shape index (κ3) is 2.02. The smallest absolute Gasteiger partial charge is 0.329 e. The number of rotatable bonds is 5. The number of aliphatic carboxylic acids is 1. The molecule has 0 aromatic rings. The van der Waals surface area contributed by atoms with Crippen LogP contribution in [0.1, 0.15) is 12.8 Å². The lowest BCUT2D eigenvalue weighted by molar-refractivity contribution is -0.162. The van der Waals surface area contributed by atoms with Crippen molar-refractivity contribution in [3.8, 4) is 0 Å². The summed E-state index contributed by atoms with van der Waals surface area (Å²) in [6, 6.07) is -1.14. The van der Waals surface area contributed by atoms with Crippen molar-refractivity contribution in [3.63, 3.8) is 0 Å². The zero-order valence-electron chi connectivity index (χ0n) is 7.72. The second-order valence-corrected chi connectivity index (χ2v) is 3.26. The van der Waals surface area contributed by atoms with Crippen LogP contribution in [0.2, 0.25) is 0 Å². The first-order chi connectivity index (χ1) is 6.57. The van der Waals surface area contributed by atoms with E-state index in [0.29, 0.717) is 13.0 Å². The molecule has 2 unspecified atom stereocenters. The van der Waals surface area contributed by atoms with E-state index in [0.717, 1.165) is 0 Å². The van der Waals surface area contributed by atoms with E-state index in [1.807, 2.05) is 0 Å². The fraction of sp³-hybridized carbons (Fsp3) is 0.750. The summed E-state index contributed by atoms with van der Waals surface area (Å²) in [4.78, 5) is 23.0. The van der Waals surface area contributed by atoms with Gasteiger partial charge in [-0.05, 0) is 13.0 Å². The molecular weight excluding hydrogens is 188 g/mol. The number of carboxylic acids is 1. The molecule has 0 saturated carbocycles. The van der Waals surface area contributed by atoms with Gasteiger partial charge in [0.15, 0.2) is 6.04 Å². The van der Waals surface area contributed by atoms with Crippen molar-refractivity contribution in [2.45, 2.75) is 25.0 Å². The highest BCUT2D eigenvalue weighted by Gasteiger charge is 2.39. The van der Waals surface area contributed by atoms with Gasteiger partial charge in [0.1, 0.15) is 0 Å². The number of nitrogens with two attached hydrogens (primary N) is 1. The maximum Gasteiger partial charge on any atom is 0.329 e. The van der Waals surface area contributed by atoms with Gasteiger partial charge in [0, 0.05) is 13.0 Å². The summed E-state index contributed by atoms with van der Waals surface area (Å²) in [5, 5.41) is 18.3. The Hall–Kier alpha value is -1.14. The summed E-state index contributed by atoms with van der Waals surface area (Å²) in [6.07, 6.45) is -0.540. The Morgan fingerprint density at radius 1 is 1.64 bits per heavy atom. The number of carbonyl (C=O) groups excluding carboxylic acids is 1. The highest BCUT2D eigenvalue weighted by atomic mass is 16.4. The Labute approximate surface area is 81.3 Å². The number of carboxylic acid groups (broad SMARTS) is 1. The predicted molar refractivity (Wildman–Crippen MR) is 47.4 cm³/mol. The molecule has 0 spiro atoms. The molecule has 6 heteroatoms. The summed E-state index contributed by atoms with van der Waals surface area (Å²) < 4.78 is 0. The number of nitrogens with zero attached hydrogens (tertiary/aromatic N) is 1. The van der Waals surface area contributed by atoms with Crippen molar-refractivity contribution >= 4 is 11.9 Å². The molecule has 4 N–H and O–H groups in total. The summed E-state index contributed by atoms with van der Waals surface area (Å²) >= 11 is 0. The van der Waals surface area contributed by atoms with Crippen molar-refractivity contribution in [1.29, 1.82) is 0 Å². The van der Waals surface area contributed by atoms with Crippen molar-refractivity contribution in [1.82, 2.24) is 4.90 Å². The fourth-order valence-corrected chi connectivity index (χ4v) is 1.46. The molecule has 0 radical (unpaired) electrons. The van der Waals surface area contributed by atoms with Crippen LogP contribution in [-0.4, -0.2) is 52.2 Å². The van der Waals surface area contributed by atoms with E-state index in [9.17, 15) is 14.7 Å². The van der Waals surface area contributed by atoms with Gasteiger partial charge in [-0.1, -0.05) is 0 Å². The molecule has 14 heavy (non-hydrogen) atoms. The van der Waals surface area contributed by atoms with Gasteiger partial charge >= 0.3 is 5.97 Å². The SMILES string of the molecule is NCCC(O)C(C(=O)O)N1CCC1=O. The van der Waals surface area contributed by atoms with Crippen LogP contribution in [0.15, 0.2) is 0 Å². The van der Waals surface area contributed by atoms with E-state index in [1.54, 1.807) is 0 Å². The van der Waals surface area contributed by atoms with Crippen molar-refractivity contribution < 1.29 is 19.8 Å². The number of carbonyl (C=O) groups is 2. The van der Waals surface area contributed by atoms with E-state index >= 15 is 0 Å². The van der Waals surface area contributed by atoms with Gasteiger partial charge in [-0.25, -0.2) is 4.79 Å². The molecule has 6 nitrogen and oxygen atoms in total. The van der Waals surface area contributed by atoms with Gasteiger partial charge in [-0.3, -0.25) is 4.79 Å². The van der Waals surface area contributed by atoms with E-state index in [1.165, 1.54) is 4.90 Å². The minimum Gasteiger partial charge on any atom is -0.480 e. The van der Waals surface area contributed by atoms with E-state index < -0.39 is 18.1 Å². The lowest BCUT2D eigenvalue weighted by Crippen LogP contribution is -2.58. The Kier molecular flexibility index (Phi) is 3.43. The van der Waals surface area contributed by atoms with Gasteiger partial charge in [0.2, 0.25) is 5.91 Å². The molecule has 1 aliphatic heterocycles. The second-order valence-electron chi connectivity index (χ2n) is 3.26. The minimum atomic E-state index is -1.18. The van der Waals surface area contributed by atoms with Gasteiger partial charge in [0.25, 0.3) is 0 Å². The van der Waals surface area contributed by atoms with Crippen LogP contribution in [0.3, 0.4) is 0 Å². The maximum absolute atomic E-state index is 11.0. The van der Waals surface area contributed by atoms with Gasteiger partial charge in [-0.2, -0.15) is 0 Å². The molecule has 2 atom stereocenters. The second kappa shape index (κ2) is 4.39. The van der Waals surface area contributed by atoms with Crippen molar-refractivity contribution in [2.24, 2.45) is 5.73 Å². The van der Waals surface area contributed by atoms with Crippen LogP contribution in [-0.2, 0) is 9.59 Å². The lowest BCUT2D eigenvalue weighted by atomic mass is 10.0. The van der Waals surface area contributed by atoms with Gasteiger partial charge < -0.3 is 20.8 Å². The number of aliphatic hydroxyl groups excluding tert-OH is 1.